The van der Waals surface area contributed by atoms with Crippen molar-refractivity contribution in [2.24, 2.45) is 0 Å². The van der Waals surface area contributed by atoms with Gasteiger partial charge in [0.25, 0.3) is 0 Å². The highest BCUT2D eigenvalue weighted by molar-refractivity contribution is 6.49. The van der Waals surface area contributed by atoms with Crippen LogP contribution in [0.4, 0.5) is 0 Å². The van der Waals surface area contributed by atoms with Crippen molar-refractivity contribution in [1.82, 2.24) is 0 Å². The van der Waals surface area contributed by atoms with E-state index in [0.29, 0.717) is 11.7 Å². The van der Waals surface area contributed by atoms with Crippen LogP contribution < -0.4 is 0 Å². The number of hydrogen-bond acceptors (Lipinski definition) is 2. The van der Waals surface area contributed by atoms with E-state index in [9.17, 15) is 0 Å². The van der Waals surface area contributed by atoms with Gasteiger partial charge in [-0.3, -0.25) is 0 Å². The lowest BCUT2D eigenvalue weighted by Gasteiger charge is -2.32. The highest BCUT2D eigenvalue weighted by Gasteiger charge is 2.60. The van der Waals surface area contributed by atoms with Crippen molar-refractivity contribution in [3.8, 4) is 0 Å². The summed E-state index contributed by atoms with van der Waals surface area (Å²) in [6, 6.07) is 5.64. The van der Waals surface area contributed by atoms with Crippen LogP contribution >= 0.6 is 23.2 Å². The lowest BCUT2D eigenvalue weighted by Crippen LogP contribution is -2.41. The van der Waals surface area contributed by atoms with Crippen LogP contribution in [0.3, 0.4) is 0 Å². The van der Waals surface area contributed by atoms with Crippen LogP contribution in [0.5, 0.6) is 0 Å². The summed E-state index contributed by atoms with van der Waals surface area (Å²) >= 11 is 12.3. The standard InChI is InChI=1S/C15H19BCl2O2/c1-14(2)15(3,4)20-16(19-14)12-8-10(12)11-7-9(17)5-6-13(11)18/h5-7,10,12H,8H2,1-4H3. The third-order valence-corrected chi connectivity index (χ3v) is 5.40. The van der Waals surface area contributed by atoms with E-state index in [1.807, 2.05) is 18.2 Å². The van der Waals surface area contributed by atoms with Crippen LogP contribution in [0.1, 0.15) is 45.6 Å². The molecule has 0 N–H and O–H groups in total. The Balaban J connectivity index is 1.76. The van der Waals surface area contributed by atoms with E-state index < -0.39 is 0 Å². The third kappa shape index (κ3) is 2.39. The minimum absolute atomic E-state index is 0.153. The van der Waals surface area contributed by atoms with E-state index in [-0.39, 0.29) is 18.3 Å². The number of rotatable bonds is 2. The molecule has 0 bridgehead atoms. The van der Waals surface area contributed by atoms with Crippen LogP contribution in [-0.4, -0.2) is 18.3 Å². The Labute approximate surface area is 130 Å². The summed E-state index contributed by atoms with van der Waals surface area (Å²) in [5.41, 5.74) is 0.560. The van der Waals surface area contributed by atoms with Crippen LogP contribution in [0.25, 0.3) is 0 Å². The van der Waals surface area contributed by atoms with Gasteiger partial charge in [0.15, 0.2) is 0 Å². The van der Waals surface area contributed by atoms with Gasteiger partial charge in [-0.25, -0.2) is 0 Å². The summed E-state index contributed by atoms with van der Waals surface area (Å²) < 4.78 is 12.2. The quantitative estimate of drug-likeness (QED) is 0.720. The molecule has 1 saturated heterocycles. The molecule has 0 amide bonds. The first-order chi connectivity index (χ1) is 9.21. The Bertz CT molecular complexity index is 529. The van der Waals surface area contributed by atoms with Crippen LogP contribution in [0.15, 0.2) is 18.2 Å². The molecule has 3 rings (SSSR count). The largest absolute Gasteiger partial charge is 0.461 e. The predicted molar refractivity (Wildman–Crippen MR) is 83.7 cm³/mol. The van der Waals surface area contributed by atoms with Crippen LogP contribution in [0, 0.1) is 0 Å². The summed E-state index contributed by atoms with van der Waals surface area (Å²) in [6.45, 7) is 8.32. The number of hydrogen-bond donors (Lipinski definition) is 0. The van der Waals surface area contributed by atoms with E-state index in [1.165, 1.54) is 0 Å². The molecule has 1 saturated carbocycles. The van der Waals surface area contributed by atoms with Gasteiger partial charge in [-0.2, -0.15) is 0 Å². The Morgan fingerprint density at radius 3 is 2.30 bits per heavy atom. The Morgan fingerprint density at radius 2 is 1.70 bits per heavy atom. The second-order valence-corrected chi connectivity index (χ2v) is 7.64. The second-order valence-electron chi connectivity index (χ2n) is 6.80. The monoisotopic (exact) mass is 312 g/mol. The van der Waals surface area contributed by atoms with Gasteiger partial charge in [-0.05, 0) is 63.8 Å². The van der Waals surface area contributed by atoms with E-state index in [0.717, 1.165) is 22.0 Å². The van der Waals surface area contributed by atoms with Crippen molar-refractivity contribution in [3.63, 3.8) is 0 Å². The molecule has 0 spiro atoms. The Hall–Kier alpha value is -0.215. The lowest BCUT2D eigenvalue weighted by atomic mass is 9.79. The SMILES string of the molecule is CC1(C)OB(C2CC2c2cc(Cl)ccc2Cl)OC1(C)C. The topological polar surface area (TPSA) is 18.5 Å². The Morgan fingerprint density at radius 1 is 1.10 bits per heavy atom. The van der Waals surface area contributed by atoms with Crippen LogP contribution in [-0.2, 0) is 9.31 Å². The molecule has 0 aromatic heterocycles. The first-order valence-electron chi connectivity index (χ1n) is 7.02. The average Bonchev–Trinajstić information content (AvgIpc) is 3.06. The van der Waals surface area contributed by atoms with E-state index in [1.54, 1.807) is 0 Å². The molecule has 0 radical (unpaired) electrons. The summed E-state index contributed by atoms with van der Waals surface area (Å²) in [7, 11) is -0.153. The van der Waals surface area contributed by atoms with Gasteiger partial charge in [-0.1, -0.05) is 23.2 Å². The smallest absolute Gasteiger partial charge is 0.403 e. The molecular formula is C15H19BCl2O2. The molecule has 1 aliphatic carbocycles. The van der Waals surface area contributed by atoms with Crippen molar-refractivity contribution < 1.29 is 9.31 Å². The molecule has 108 valence electrons. The summed E-state index contributed by atoms with van der Waals surface area (Å²) in [6.07, 6.45) is 1.04. The maximum Gasteiger partial charge on any atom is 0.461 e. The molecule has 1 heterocycles. The van der Waals surface area contributed by atoms with Gasteiger partial charge in [-0.15, -0.1) is 0 Å². The zero-order valence-electron chi connectivity index (χ0n) is 12.2. The molecule has 1 aliphatic heterocycles. The highest BCUT2D eigenvalue weighted by atomic mass is 35.5. The molecule has 2 unspecified atom stereocenters. The van der Waals surface area contributed by atoms with Gasteiger partial charge < -0.3 is 9.31 Å². The molecule has 2 aliphatic rings. The Kier molecular flexibility index (Phi) is 3.41. The van der Waals surface area contributed by atoms with E-state index in [2.05, 4.69) is 27.7 Å². The first kappa shape index (κ1) is 14.7. The van der Waals surface area contributed by atoms with Crippen molar-refractivity contribution >= 4 is 30.3 Å². The molecule has 20 heavy (non-hydrogen) atoms. The first-order valence-corrected chi connectivity index (χ1v) is 7.77. The molecule has 2 nitrogen and oxygen atoms in total. The normalized spacial score (nSPS) is 30.6. The highest BCUT2D eigenvalue weighted by Crippen LogP contribution is 2.59. The fourth-order valence-electron chi connectivity index (χ4n) is 2.74. The minimum atomic E-state index is -0.275. The molecular weight excluding hydrogens is 294 g/mol. The lowest BCUT2D eigenvalue weighted by molar-refractivity contribution is 0.00578. The fourth-order valence-corrected chi connectivity index (χ4v) is 3.17. The summed E-state index contributed by atoms with van der Waals surface area (Å²) in [5, 5.41) is 1.50. The maximum absolute atomic E-state index is 6.27. The van der Waals surface area contributed by atoms with Gasteiger partial charge in [0.05, 0.1) is 11.2 Å². The van der Waals surface area contributed by atoms with Gasteiger partial charge in [0.2, 0.25) is 0 Å². The number of halogens is 2. The van der Waals surface area contributed by atoms with Crippen molar-refractivity contribution in [3.05, 3.63) is 33.8 Å². The molecule has 1 aromatic rings. The van der Waals surface area contributed by atoms with Crippen molar-refractivity contribution in [2.75, 3.05) is 0 Å². The summed E-state index contributed by atoms with van der Waals surface area (Å²) in [4.78, 5) is 0. The second kappa shape index (κ2) is 4.64. The molecule has 1 aromatic carbocycles. The molecule has 5 heteroatoms. The minimum Gasteiger partial charge on any atom is -0.403 e. The van der Waals surface area contributed by atoms with E-state index >= 15 is 0 Å². The third-order valence-electron chi connectivity index (χ3n) is 4.82. The van der Waals surface area contributed by atoms with Crippen molar-refractivity contribution in [1.29, 1.82) is 0 Å². The zero-order valence-corrected chi connectivity index (χ0v) is 13.8. The van der Waals surface area contributed by atoms with E-state index in [4.69, 9.17) is 32.5 Å². The van der Waals surface area contributed by atoms with Gasteiger partial charge in [0.1, 0.15) is 0 Å². The maximum atomic E-state index is 6.27. The van der Waals surface area contributed by atoms with Gasteiger partial charge >= 0.3 is 7.12 Å². The molecule has 2 fully saturated rings. The summed E-state index contributed by atoms with van der Waals surface area (Å²) in [5.74, 6) is 0.753. The number of benzene rings is 1. The van der Waals surface area contributed by atoms with Crippen molar-refractivity contribution in [2.45, 2.75) is 57.1 Å². The average molecular weight is 313 g/mol. The fraction of sp³-hybridized carbons (Fsp3) is 0.600. The zero-order chi connectivity index (χ0) is 14.7. The predicted octanol–water partition coefficient (Wildman–Crippen LogP) is 4.94. The van der Waals surface area contributed by atoms with Gasteiger partial charge in [0, 0.05) is 15.9 Å². The van der Waals surface area contributed by atoms with Crippen LogP contribution in [0.2, 0.25) is 15.9 Å². The molecule has 2 atom stereocenters.